The smallest absolute Gasteiger partial charge is 0.0318 e. The Morgan fingerprint density at radius 1 is 1.47 bits per heavy atom. The predicted octanol–water partition coefficient (Wildman–Crippen LogP) is 2.84. The predicted molar refractivity (Wildman–Crippen MR) is 62.7 cm³/mol. The molecule has 0 bridgehead atoms. The van der Waals surface area contributed by atoms with Gasteiger partial charge in [-0.05, 0) is 49.8 Å². The van der Waals surface area contributed by atoms with Gasteiger partial charge in [0, 0.05) is 24.5 Å². The Balaban J connectivity index is 1.96. The van der Waals surface area contributed by atoms with Crippen LogP contribution < -0.4 is 5.32 Å². The Hall–Kier alpha value is -0.890. The average molecular weight is 204 g/mol. The van der Waals surface area contributed by atoms with Crippen LogP contribution in [0.15, 0.2) is 18.5 Å². The third kappa shape index (κ3) is 2.37. The molecule has 1 aliphatic carbocycles. The first-order chi connectivity index (χ1) is 7.16. The summed E-state index contributed by atoms with van der Waals surface area (Å²) >= 11 is 0. The molecule has 15 heavy (non-hydrogen) atoms. The topological polar surface area (TPSA) is 24.9 Å². The molecule has 1 aliphatic rings. The molecule has 1 fully saturated rings. The van der Waals surface area contributed by atoms with Gasteiger partial charge in [-0.1, -0.05) is 6.92 Å². The van der Waals surface area contributed by atoms with Gasteiger partial charge in [-0.25, -0.2) is 0 Å². The first kappa shape index (κ1) is 10.6. The molecular weight excluding hydrogens is 184 g/mol. The maximum Gasteiger partial charge on any atom is 0.0318 e. The van der Waals surface area contributed by atoms with Crippen molar-refractivity contribution in [1.29, 1.82) is 0 Å². The third-order valence-corrected chi connectivity index (χ3v) is 3.41. The van der Waals surface area contributed by atoms with Crippen LogP contribution in [0.1, 0.15) is 43.9 Å². The van der Waals surface area contributed by atoms with E-state index in [2.05, 4.69) is 37.1 Å². The first-order valence-electron chi connectivity index (χ1n) is 5.83. The molecule has 1 heterocycles. The van der Waals surface area contributed by atoms with Crippen LogP contribution in [0.25, 0.3) is 0 Å². The zero-order chi connectivity index (χ0) is 10.8. The van der Waals surface area contributed by atoms with E-state index in [0.29, 0.717) is 6.04 Å². The Labute approximate surface area is 92.1 Å². The molecule has 0 saturated heterocycles. The van der Waals surface area contributed by atoms with Crippen LogP contribution in [0, 0.1) is 12.8 Å². The Morgan fingerprint density at radius 2 is 2.20 bits per heavy atom. The molecule has 0 spiro atoms. The van der Waals surface area contributed by atoms with E-state index in [1.54, 1.807) is 0 Å². The second-order valence-electron chi connectivity index (χ2n) is 4.89. The summed E-state index contributed by atoms with van der Waals surface area (Å²) < 4.78 is 0. The van der Waals surface area contributed by atoms with Crippen molar-refractivity contribution in [2.45, 2.75) is 45.7 Å². The number of aromatic nitrogens is 1. The first-order valence-corrected chi connectivity index (χ1v) is 5.83. The standard InChI is InChI=1S/C13H20N2/c1-9-6-12(7-9)15-11(3)13-8-14-5-4-10(13)2/h4-5,8-9,11-12,15H,6-7H2,1-3H3. The highest BCUT2D eigenvalue weighted by Crippen LogP contribution is 2.29. The molecule has 2 rings (SSSR count). The van der Waals surface area contributed by atoms with Crippen molar-refractivity contribution in [1.82, 2.24) is 10.3 Å². The summed E-state index contributed by atoms with van der Waals surface area (Å²) in [5.41, 5.74) is 2.66. The van der Waals surface area contributed by atoms with Gasteiger partial charge in [0.15, 0.2) is 0 Å². The summed E-state index contributed by atoms with van der Waals surface area (Å²) in [6.07, 6.45) is 6.49. The van der Waals surface area contributed by atoms with Gasteiger partial charge in [0.25, 0.3) is 0 Å². The minimum atomic E-state index is 0.427. The summed E-state index contributed by atoms with van der Waals surface area (Å²) in [6, 6.07) is 3.22. The van der Waals surface area contributed by atoms with Crippen LogP contribution in [0.4, 0.5) is 0 Å². The van der Waals surface area contributed by atoms with E-state index in [1.807, 2.05) is 12.4 Å². The zero-order valence-corrected chi connectivity index (χ0v) is 9.83. The molecule has 2 nitrogen and oxygen atoms in total. The van der Waals surface area contributed by atoms with Crippen LogP contribution in [0.2, 0.25) is 0 Å². The van der Waals surface area contributed by atoms with Gasteiger partial charge in [0.1, 0.15) is 0 Å². The lowest BCUT2D eigenvalue weighted by Gasteiger charge is -2.36. The summed E-state index contributed by atoms with van der Waals surface area (Å²) in [5, 5.41) is 3.66. The monoisotopic (exact) mass is 204 g/mol. The fourth-order valence-corrected chi connectivity index (χ4v) is 2.41. The Kier molecular flexibility index (Phi) is 3.06. The van der Waals surface area contributed by atoms with E-state index in [4.69, 9.17) is 0 Å². The molecule has 82 valence electrons. The molecule has 0 amide bonds. The number of nitrogens with one attached hydrogen (secondary N) is 1. The maximum absolute atomic E-state index is 4.19. The van der Waals surface area contributed by atoms with Crippen molar-refractivity contribution < 1.29 is 0 Å². The van der Waals surface area contributed by atoms with Gasteiger partial charge in [-0.15, -0.1) is 0 Å². The van der Waals surface area contributed by atoms with Gasteiger partial charge >= 0.3 is 0 Å². The highest BCUT2D eigenvalue weighted by molar-refractivity contribution is 5.24. The molecule has 0 aromatic carbocycles. The molecule has 0 aliphatic heterocycles. The summed E-state index contributed by atoms with van der Waals surface area (Å²) in [4.78, 5) is 4.19. The molecule has 1 saturated carbocycles. The lowest BCUT2D eigenvalue weighted by Crippen LogP contribution is -2.41. The highest BCUT2D eigenvalue weighted by atomic mass is 15.0. The molecule has 1 aromatic rings. The zero-order valence-electron chi connectivity index (χ0n) is 9.83. The summed E-state index contributed by atoms with van der Waals surface area (Å²) in [6.45, 7) is 6.70. The van der Waals surface area contributed by atoms with Crippen LogP contribution in [-0.2, 0) is 0 Å². The summed E-state index contributed by atoms with van der Waals surface area (Å²) in [5.74, 6) is 0.907. The molecule has 2 heteroatoms. The third-order valence-electron chi connectivity index (χ3n) is 3.41. The van der Waals surface area contributed by atoms with Crippen molar-refractivity contribution in [3.63, 3.8) is 0 Å². The van der Waals surface area contributed by atoms with Crippen molar-refractivity contribution in [2.75, 3.05) is 0 Å². The van der Waals surface area contributed by atoms with Gasteiger partial charge in [-0.2, -0.15) is 0 Å². The molecule has 1 atom stereocenters. The Morgan fingerprint density at radius 3 is 2.80 bits per heavy atom. The number of aryl methyl sites for hydroxylation is 1. The van der Waals surface area contributed by atoms with Gasteiger partial charge in [0.05, 0.1) is 0 Å². The maximum atomic E-state index is 4.19. The molecule has 1 aromatic heterocycles. The van der Waals surface area contributed by atoms with Crippen LogP contribution in [-0.4, -0.2) is 11.0 Å². The molecular formula is C13H20N2. The second kappa shape index (κ2) is 4.31. The number of nitrogens with zero attached hydrogens (tertiary/aromatic N) is 1. The normalized spacial score (nSPS) is 27.1. The van der Waals surface area contributed by atoms with Crippen molar-refractivity contribution in [3.8, 4) is 0 Å². The minimum Gasteiger partial charge on any atom is -0.307 e. The summed E-state index contributed by atoms with van der Waals surface area (Å²) in [7, 11) is 0. The van der Waals surface area contributed by atoms with Crippen LogP contribution in [0.3, 0.4) is 0 Å². The van der Waals surface area contributed by atoms with Crippen LogP contribution >= 0.6 is 0 Å². The van der Waals surface area contributed by atoms with Crippen molar-refractivity contribution in [2.24, 2.45) is 5.92 Å². The molecule has 1 unspecified atom stereocenters. The molecule has 1 N–H and O–H groups in total. The van der Waals surface area contributed by atoms with E-state index in [1.165, 1.54) is 24.0 Å². The van der Waals surface area contributed by atoms with Gasteiger partial charge < -0.3 is 5.32 Å². The average Bonchev–Trinajstić information content (AvgIpc) is 2.16. The number of hydrogen-bond donors (Lipinski definition) is 1. The lowest BCUT2D eigenvalue weighted by molar-refractivity contribution is 0.226. The number of rotatable bonds is 3. The van der Waals surface area contributed by atoms with E-state index >= 15 is 0 Å². The van der Waals surface area contributed by atoms with E-state index in [9.17, 15) is 0 Å². The number of pyridine rings is 1. The quantitative estimate of drug-likeness (QED) is 0.819. The van der Waals surface area contributed by atoms with E-state index < -0.39 is 0 Å². The minimum absolute atomic E-state index is 0.427. The molecule has 0 radical (unpaired) electrons. The van der Waals surface area contributed by atoms with Gasteiger partial charge in [-0.3, -0.25) is 4.98 Å². The fraction of sp³-hybridized carbons (Fsp3) is 0.615. The SMILES string of the molecule is Cc1ccncc1C(C)NC1CC(C)C1. The lowest BCUT2D eigenvalue weighted by atomic mass is 9.81. The largest absolute Gasteiger partial charge is 0.307 e. The highest BCUT2D eigenvalue weighted by Gasteiger charge is 2.26. The van der Waals surface area contributed by atoms with Gasteiger partial charge in [0.2, 0.25) is 0 Å². The van der Waals surface area contributed by atoms with Crippen LogP contribution in [0.5, 0.6) is 0 Å². The van der Waals surface area contributed by atoms with Crippen molar-refractivity contribution in [3.05, 3.63) is 29.6 Å². The Bertz CT molecular complexity index is 329. The fourth-order valence-electron chi connectivity index (χ4n) is 2.41. The number of hydrogen-bond acceptors (Lipinski definition) is 2. The van der Waals surface area contributed by atoms with E-state index in [-0.39, 0.29) is 0 Å². The van der Waals surface area contributed by atoms with Crippen molar-refractivity contribution >= 4 is 0 Å². The van der Waals surface area contributed by atoms with E-state index in [0.717, 1.165) is 12.0 Å². The second-order valence-corrected chi connectivity index (χ2v) is 4.89.